The minimum absolute atomic E-state index is 0.0529. The van der Waals surface area contributed by atoms with Gasteiger partial charge < -0.3 is 9.47 Å². The molecule has 2 heterocycles. The number of benzene rings is 2. The Labute approximate surface area is 254 Å². The Bertz CT molecular complexity index is 1710. The molecule has 0 N–H and O–H groups in total. The van der Waals surface area contributed by atoms with Crippen LogP contribution in [0.15, 0.2) is 97.1 Å². The monoisotopic (exact) mass is 586 g/mol. The molecular formula is C34H30N6O4. The van der Waals surface area contributed by atoms with Gasteiger partial charge in [0.25, 0.3) is 0 Å². The topological polar surface area (TPSA) is 114 Å². The van der Waals surface area contributed by atoms with Crippen molar-refractivity contribution in [2.75, 3.05) is 14.2 Å². The molecule has 220 valence electrons. The van der Waals surface area contributed by atoms with E-state index in [9.17, 15) is 9.59 Å². The molecular weight excluding hydrogens is 556 g/mol. The Morgan fingerprint density at radius 3 is 1.32 bits per heavy atom. The number of carbonyl (C=O) groups excluding carboxylic acids is 2. The highest BCUT2D eigenvalue weighted by Crippen LogP contribution is 2.49. The van der Waals surface area contributed by atoms with E-state index in [-0.39, 0.29) is 35.6 Å². The summed E-state index contributed by atoms with van der Waals surface area (Å²) in [6, 6.07) is 14.8. The molecule has 0 bridgehead atoms. The van der Waals surface area contributed by atoms with Crippen LogP contribution in [0.3, 0.4) is 0 Å². The van der Waals surface area contributed by atoms with Crippen molar-refractivity contribution in [3.63, 3.8) is 0 Å². The molecule has 44 heavy (non-hydrogen) atoms. The predicted octanol–water partition coefficient (Wildman–Crippen LogP) is 4.84. The lowest BCUT2D eigenvalue weighted by atomic mass is 9.72. The van der Waals surface area contributed by atoms with Crippen molar-refractivity contribution < 1.29 is 19.1 Å². The first-order chi connectivity index (χ1) is 21.6. The van der Waals surface area contributed by atoms with E-state index in [1.807, 2.05) is 33.6 Å². The molecule has 3 aliphatic carbocycles. The minimum atomic E-state index is -0.366. The van der Waals surface area contributed by atoms with Crippen LogP contribution in [0.25, 0.3) is 0 Å². The molecule has 7 rings (SSSR count). The summed E-state index contributed by atoms with van der Waals surface area (Å²) in [7, 11) is 2.75. The Kier molecular flexibility index (Phi) is 7.09. The molecule has 0 saturated carbocycles. The second-order valence-electron chi connectivity index (χ2n) is 11.1. The summed E-state index contributed by atoms with van der Waals surface area (Å²) in [6.45, 7) is 1.01. The number of hydrogen-bond donors (Lipinski definition) is 0. The minimum Gasteiger partial charge on any atom is -0.465 e. The second-order valence-corrected chi connectivity index (χ2v) is 11.1. The van der Waals surface area contributed by atoms with Crippen molar-refractivity contribution in [3.8, 4) is 0 Å². The van der Waals surface area contributed by atoms with Gasteiger partial charge in [-0.15, -0.1) is 10.2 Å². The molecule has 0 spiro atoms. The van der Waals surface area contributed by atoms with Crippen molar-refractivity contribution in [1.82, 2.24) is 30.0 Å². The highest BCUT2D eigenvalue weighted by Gasteiger charge is 2.42. The van der Waals surface area contributed by atoms with Crippen LogP contribution in [0.5, 0.6) is 0 Å². The van der Waals surface area contributed by atoms with Gasteiger partial charge in [-0.05, 0) is 35.4 Å². The van der Waals surface area contributed by atoms with Gasteiger partial charge in [-0.25, -0.2) is 19.0 Å². The highest BCUT2D eigenvalue weighted by molar-refractivity contribution is 5.89. The maximum atomic E-state index is 11.9. The molecule has 3 aliphatic rings. The lowest BCUT2D eigenvalue weighted by Crippen LogP contribution is -2.25. The van der Waals surface area contributed by atoms with Crippen molar-refractivity contribution in [3.05, 3.63) is 142 Å². The van der Waals surface area contributed by atoms with Gasteiger partial charge >= 0.3 is 11.9 Å². The fraction of sp³-hybridized carbons (Fsp3) is 0.235. The normalized spacial score (nSPS) is 21.0. The Morgan fingerprint density at radius 2 is 0.955 bits per heavy atom. The molecule has 0 fully saturated rings. The lowest BCUT2D eigenvalue weighted by Gasteiger charge is -2.33. The average molecular weight is 587 g/mol. The molecule has 0 aliphatic heterocycles. The maximum absolute atomic E-state index is 11.9. The van der Waals surface area contributed by atoms with Gasteiger partial charge in [0.05, 0.1) is 61.2 Å². The van der Waals surface area contributed by atoms with Crippen LogP contribution in [0.2, 0.25) is 0 Å². The zero-order valence-corrected chi connectivity index (χ0v) is 24.3. The van der Waals surface area contributed by atoms with Crippen LogP contribution >= 0.6 is 0 Å². The second kappa shape index (κ2) is 11.4. The average Bonchev–Trinajstić information content (AvgIpc) is 3.67. The van der Waals surface area contributed by atoms with Crippen LogP contribution in [-0.2, 0) is 22.6 Å². The first-order valence-electron chi connectivity index (χ1n) is 14.5. The van der Waals surface area contributed by atoms with Gasteiger partial charge in [-0.3, -0.25) is 0 Å². The van der Waals surface area contributed by atoms with Crippen LogP contribution < -0.4 is 0 Å². The van der Waals surface area contributed by atoms with E-state index in [2.05, 4.69) is 59.0 Å². The smallest absolute Gasteiger partial charge is 0.337 e. The zero-order valence-electron chi connectivity index (χ0n) is 24.3. The summed E-state index contributed by atoms with van der Waals surface area (Å²) in [5, 5.41) is 18.9. The number of rotatable bonds is 6. The number of fused-ring (bicyclic) bond motifs is 8. The van der Waals surface area contributed by atoms with Crippen molar-refractivity contribution in [1.29, 1.82) is 0 Å². The summed E-state index contributed by atoms with van der Waals surface area (Å²) in [6.07, 6.45) is 17.0. The zero-order chi connectivity index (χ0) is 30.2. The van der Waals surface area contributed by atoms with Gasteiger partial charge in [0.15, 0.2) is 0 Å². The van der Waals surface area contributed by atoms with E-state index in [0.717, 1.165) is 33.9 Å². The Balaban J connectivity index is 1.28. The van der Waals surface area contributed by atoms with Crippen molar-refractivity contribution in [2.24, 2.45) is 0 Å². The Morgan fingerprint density at radius 1 is 0.591 bits per heavy atom. The fourth-order valence-corrected chi connectivity index (χ4v) is 6.39. The number of esters is 2. The van der Waals surface area contributed by atoms with E-state index < -0.39 is 0 Å². The first-order valence-corrected chi connectivity index (χ1v) is 14.5. The summed E-state index contributed by atoms with van der Waals surface area (Å²) in [4.78, 5) is 23.9. The van der Waals surface area contributed by atoms with Crippen LogP contribution in [0.4, 0.5) is 0 Å². The third-order valence-electron chi connectivity index (χ3n) is 8.55. The molecule has 10 nitrogen and oxygen atoms in total. The molecule has 0 radical (unpaired) electrons. The molecule has 4 atom stereocenters. The maximum Gasteiger partial charge on any atom is 0.337 e. The van der Waals surface area contributed by atoms with Gasteiger partial charge in [-0.1, -0.05) is 83.3 Å². The molecule has 2 aromatic carbocycles. The van der Waals surface area contributed by atoms with E-state index in [4.69, 9.17) is 19.7 Å². The summed E-state index contributed by atoms with van der Waals surface area (Å²) >= 11 is 0. The van der Waals surface area contributed by atoms with E-state index in [1.165, 1.54) is 14.2 Å². The van der Waals surface area contributed by atoms with E-state index in [0.29, 0.717) is 24.2 Å². The molecule has 0 saturated heterocycles. The number of allylic oxidation sites excluding steroid dienone is 8. The van der Waals surface area contributed by atoms with E-state index in [1.54, 1.807) is 24.3 Å². The third kappa shape index (κ3) is 4.78. The molecule has 10 heteroatoms. The lowest BCUT2D eigenvalue weighted by molar-refractivity contribution is 0.0592. The standard InChI is InChI=1S/C34H30N6O4/c1-43-33(41)23-15-11-21(12-16-23)19-39-31-27-9-5-3-7-25(27)30-32(28-10-6-4-8-26(28)29(31)35-37-39)40(38-36-30)20-22-13-17-24(18-14-22)34(42)44-2/h3-18,25-28H,19-20H2,1-2H3/t25-,26-,27+,28+/m1/s1. The number of hydrogen-bond acceptors (Lipinski definition) is 8. The van der Waals surface area contributed by atoms with Crippen LogP contribution in [0, 0.1) is 0 Å². The fourth-order valence-electron chi connectivity index (χ4n) is 6.39. The summed E-state index contributed by atoms with van der Waals surface area (Å²) < 4.78 is 13.7. The van der Waals surface area contributed by atoms with E-state index >= 15 is 0 Å². The Hall–Kier alpha value is -5.38. The molecule has 2 aromatic heterocycles. The van der Waals surface area contributed by atoms with Gasteiger partial charge in [0, 0.05) is 23.7 Å². The van der Waals surface area contributed by atoms with Crippen LogP contribution in [0.1, 0.15) is 78.3 Å². The summed E-state index contributed by atoms with van der Waals surface area (Å²) in [5.41, 5.74) is 6.95. The SMILES string of the molecule is COC(=O)c1ccc(Cn2nnc3c2[C@H]2C=CC=C[C@H]2c2nnn(Cc4ccc(C(=O)OC)cc4)c2[C@H]2C=CC=C[C@@H]32)cc1. The van der Waals surface area contributed by atoms with Gasteiger partial charge in [0.2, 0.25) is 0 Å². The van der Waals surface area contributed by atoms with Gasteiger partial charge in [-0.2, -0.15) is 0 Å². The van der Waals surface area contributed by atoms with Crippen LogP contribution in [-0.4, -0.2) is 56.1 Å². The molecule has 0 unspecified atom stereocenters. The highest BCUT2D eigenvalue weighted by atomic mass is 16.5. The van der Waals surface area contributed by atoms with Crippen molar-refractivity contribution >= 4 is 11.9 Å². The number of carbonyl (C=O) groups is 2. The molecule has 4 aromatic rings. The number of methoxy groups -OCH3 is 2. The number of ether oxygens (including phenoxy) is 2. The quantitative estimate of drug-likeness (QED) is 0.295. The first kappa shape index (κ1) is 27.5. The largest absolute Gasteiger partial charge is 0.465 e. The van der Waals surface area contributed by atoms with Gasteiger partial charge in [0.1, 0.15) is 0 Å². The van der Waals surface area contributed by atoms with Crippen molar-refractivity contribution in [2.45, 2.75) is 36.8 Å². The summed E-state index contributed by atoms with van der Waals surface area (Å²) in [5.74, 6) is -0.971. The number of nitrogens with zero attached hydrogens (tertiary/aromatic N) is 6. The predicted molar refractivity (Wildman–Crippen MR) is 161 cm³/mol. The third-order valence-corrected chi connectivity index (χ3v) is 8.55. The molecule has 0 amide bonds. The number of aromatic nitrogens is 6.